The first kappa shape index (κ1) is 17.6. The Kier molecular flexibility index (Phi) is 4.87. The smallest absolute Gasteiger partial charge is 0.493 e. The summed E-state index contributed by atoms with van der Waals surface area (Å²) < 4.78 is 17.5. The summed E-state index contributed by atoms with van der Waals surface area (Å²) in [5.74, 6) is -0.326. The maximum Gasteiger partial charge on any atom is 0.494 e. The van der Waals surface area contributed by atoms with Crippen LogP contribution in [0.2, 0.25) is 0 Å². The molecule has 124 valence electrons. The highest BCUT2D eigenvalue weighted by molar-refractivity contribution is 6.62. The summed E-state index contributed by atoms with van der Waals surface area (Å²) >= 11 is 0. The molecule has 1 fully saturated rings. The van der Waals surface area contributed by atoms with Crippen molar-refractivity contribution in [2.45, 2.75) is 45.3 Å². The standard InChI is InChI=1S/C17H23BO5/c1-12(15(19)20)10-11-21-14-8-6-13(7-9-14)18-22-16(2,3)17(4,5)23-18/h6-9H,1,10-11H2,2-5H3,(H,19,20). The molecular formula is C17H23BO5. The van der Waals surface area contributed by atoms with Gasteiger partial charge in [-0.1, -0.05) is 18.7 Å². The minimum atomic E-state index is -0.996. The third-order valence-electron chi connectivity index (χ3n) is 4.38. The van der Waals surface area contributed by atoms with Crippen molar-refractivity contribution in [3.05, 3.63) is 36.4 Å². The van der Waals surface area contributed by atoms with Crippen LogP contribution in [0, 0.1) is 0 Å². The van der Waals surface area contributed by atoms with E-state index in [9.17, 15) is 4.79 Å². The summed E-state index contributed by atoms with van der Waals surface area (Å²) in [5, 5.41) is 8.74. The highest BCUT2D eigenvalue weighted by Gasteiger charge is 2.51. The molecule has 1 aromatic carbocycles. The number of hydrogen-bond acceptors (Lipinski definition) is 4. The van der Waals surface area contributed by atoms with Crippen LogP contribution in [0.25, 0.3) is 0 Å². The molecule has 2 rings (SSSR count). The molecule has 0 amide bonds. The van der Waals surface area contributed by atoms with E-state index in [4.69, 9.17) is 19.2 Å². The molecule has 1 aromatic rings. The van der Waals surface area contributed by atoms with E-state index in [0.29, 0.717) is 5.75 Å². The SMILES string of the molecule is C=C(CCOc1ccc(B2OC(C)(C)C(C)(C)O2)cc1)C(=O)O. The summed E-state index contributed by atoms with van der Waals surface area (Å²) in [6.07, 6.45) is 0.286. The Morgan fingerprint density at radius 2 is 1.70 bits per heavy atom. The van der Waals surface area contributed by atoms with Crippen molar-refractivity contribution >= 4 is 18.6 Å². The number of ether oxygens (including phenoxy) is 1. The van der Waals surface area contributed by atoms with Gasteiger partial charge in [0, 0.05) is 12.0 Å². The van der Waals surface area contributed by atoms with E-state index >= 15 is 0 Å². The fourth-order valence-corrected chi connectivity index (χ4v) is 2.10. The quantitative estimate of drug-likeness (QED) is 0.644. The van der Waals surface area contributed by atoms with Crippen LogP contribution in [-0.2, 0) is 14.1 Å². The van der Waals surface area contributed by atoms with Crippen LogP contribution in [0.15, 0.2) is 36.4 Å². The van der Waals surface area contributed by atoms with E-state index in [1.807, 2.05) is 52.0 Å². The van der Waals surface area contributed by atoms with Crippen LogP contribution < -0.4 is 10.2 Å². The van der Waals surface area contributed by atoms with Crippen molar-refractivity contribution < 1.29 is 23.9 Å². The van der Waals surface area contributed by atoms with Gasteiger partial charge < -0.3 is 19.2 Å². The van der Waals surface area contributed by atoms with Crippen molar-refractivity contribution in [1.29, 1.82) is 0 Å². The molecule has 0 bridgehead atoms. The van der Waals surface area contributed by atoms with E-state index in [1.54, 1.807) is 0 Å². The third kappa shape index (κ3) is 3.95. The first-order chi connectivity index (χ1) is 10.6. The predicted octanol–water partition coefficient (Wildman–Crippen LogP) is 2.40. The van der Waals surface area contributed by atoms with Crippen LogP contribution in [0.5, 0.6) is 5.75 Å². The molecule has 1 saturated heterocycles. The second-order valence-electron chi connectivity index (χ2n) is 6.66. The van der Waals surface area contributed by atoms with E-state index in [1.165, 1.54) is 0 Å². The summed E-state index contributed by atoms with van der Waals surface area (Å²) in [7, 11) is -0.402. The molecule has 1 N–H and O–H groups in total. The minimum Gasteiger partial charge on any atom is -0.493 e. The van der Waals surface area contributed by atoms with Gasteiger partial charge in [-0.15, -0.1) is 0 Å². The Morgan fingerprint density at radius 1 is 1.17 bits per heavy atom. The number of carbonyl (C=O) groups is 1. The van der Waals surface area contributed by atoms with Gasteiger partial charge in [0.15, 0.2) is 0 Å². The molecule has 1 aliphatic rings. The lowest BCUT2D eigenvalue weighted by molar-refractivity contribution is -0.132. The van der Waals surface area contributed by atoms with Crippen molar-refractivity contribution in [2.75, 3.05) is 6.61 Å². The van der Waals surface area contributed by atoms with Crippen molar-refractivity contribution in [2.24, 2.45) is 0 Å². The zero-order valence-electron chi connectivity index (χ0n) is 14.1. The first-order valence-corrected chi connectivity index (χ1v) is 7.62. The van der Waals surface area contributed by atoms with Gasteiger partial charge in [-0.3, -0.25) is 0 Å². The van der Waals surface area contributed by atoms with E-state index in [2.05, 4.69) is 6.58 Å². The maximum atomic E-state index is 10.7. The number of aliphatic carboxylic acids is 1. The summed E-state index contributed by atoms with van der Waals surface area (Å²) in [6, 6.07) is 7.43. The monoisotopic (exact) mass is 318 g/mol. The molecule has 0 saturated carbocycles. The second-order valence-corrected chi connectivity index (χ2v) is 6.66. The van der Waals surface area contributed by atoms with Gasteiger partial charge in [-0.05, 0) is 45.3 Å². The maximum absolute atomic E-state index is 10.7. The zero-order valence-corrected chi connectivity index (χ0v) is 14.1. The van der Waals surface area contributed by atoms with E-state index in [0.717, 1.165) is 5.46 Å². The molecular weight excluding hydrogens is 295 g/mol. The molecule has 6 heteroatoms. The third-order valence-corrected chi connectivity index (χ3v) is 4.38. The molecule has 0 aromatic heterocycles. The van der Waals surface area contributed by atoms with Gasteiger partial charge in [0.25, 0.3) is 0 Å². The number of carboxylic acid groups (broad SMARTS) is 1. The number of carboxylic acids is 1. The average Bonchev–Trinajstić information content (AvgIpc) is 2.68. The molecule has 1 aliphatic heterocycles. The van der Waals surface area contributed by atoms with Crippen LogP contribution in [0.3, 0.4) is 0 Å². The van der Waals surface area contributed by atoms with Gasteiger partial charge >= 0.3 is 13.1 Å². The Hall–Kier alpha value is -1.79. The number of hydrogen-bond donors (Lipinski definition) is 1. The Morgan fingerprint density at radius 3 is 2.17 bits per heavy atom. The van der Waals surface area contributed by atoms with Gasteiger partial charge in [0.1, 0.15) is 5.75 Å². The van der Waals surface area contributed by atoms with E-state index in [-0.39, 0.29) is 29.8 Å². The van der Waals surface area contributed by atoms with Crippen molar-refractivity contribution in [3.63, 3.8) is 0 Å². The normalized spacial score (nSPS) is 18.7. The van der Waals surface area contributed by atoms with Gasteiger partial charge in [0.05, 0.1) is 17.8 Å². The molecule has 0 radical (unpaired) electrons. The van der Waals surface area contributed by atoms with Crippen LogP contribution in [-0.4, -0.2) is 36.0 Å². The van der Waals surface area contributed by atoms with Gasteiger partial charge in [0.2, 0.25) is 0 Å². The Bertz CT molecular complexity index is 576. The lowest BCUT2D eigenvalue weighted by Crippen LogP contribution is -2.41. The molecule has 0 spiro atoms. The average molecular weight is 318 g/mol. The number of benzene rings is 1. The second kappa shape index (κ2) is 6.38. The highest BCUT2D eigenvalue weighted by atomic mass is 16.7. The predicted molar refractivity (Wildman–Crippen MR) is 89.0 cm³/mol. The molecule has 0 aliphatic carbocycles. The van der Waals surface area contributed by atoms with Gasteiger partial charge in [-0.2, -0.15) is 0 Å². The fraction of sp³-hybridized carbons (Fsp3) is 0.471. The Balaban J connectivity index is 1.93. The van der Waals surface area contributed by atoms with Crippen molar-refractivity contribution in [1.82, 2.24) is 0 Å². The van der Waals surface area contributed by atoms with Crippen LogP contribution in [0.4, 0.5) is 0 Å². The Labute approximate surface area is 137 Å². The van der Waals surface area contributed by atoms with E-state index < -0.39 is 13.1 Å². The van der Waals surface area contributed by atoms with Crippen LogP contribution >= 0.6 is 0 Å². The molecule has 5 nitrogen and oxygen atoms in total. The fourth-order valence-electron chi connectivity index (χ4n) is 2.10. The molecule has 0 unspecified atom stereocenters. The lowest BCUT2D eigenvalue weighted by Gasteiger charge is -2.32. The molecule has 1 heterocycles. The van der Waals surface area contributed by atoms with Crippen molar-refractivity contribution in [3.8, 4) is 5.75 Å². The largest absolute Gasteiger partial charge is 0.494 e. The van der Waals surface area contributed by atoms with Crippen LogP contribution in [0.1, 0.15) is 34.1 Å². The molecule has 23 heavy (non-hydrogen) atoms. The topological polar surface area (TPSA) is 65.0 Å². The number of rotatable bonds is 6. The summed E-state index contributed by atoms with van der Waals surface area (Å²) in [6.45, 7) is 11.8. The summed E-state index contributed by atoms with van der Waals surface area (Å²) in [5.41, 5.74) is 0.318. The first-order valence-electron chi connectivity index (χ1n) is 7.62. The summed E-state index contributed by atoms with van der Waals surface area (Å²) in [4.78, 5) is 10.7. The zero-order chi connectivity index (χ0) is 17.3. The molecule has 0 atom stereocenters. The lowest BCUT2D eigenvalue weighted by atomic mass is 9.79. The minimum absolute atomic E-state index is 0.138. The van der Waals surface area contributed by atoms with Gasteiger partial charge in [-0.25, -0.2) is 4.79 Å². The highest BCUT2D eigenvalue weighted by Crippen LogP contribution is 2.36.